The Morgan fingerprint density at radius 2 is 1.81 bits per heavy atom. The van der Waals surface area contributed by atoms with Gasteiger partial charge in [-0.15, -0.1) is 0 Å². The van der Waals surface area contributed by atoms with Crippen molar-refractivity contribution in [3.63, 3.8) is 0 Å². The van der Waals surface area contributed by atoms with Crippen LogP contribution in [0.2, 0.25) is 0 Å². The molecule has 0 bridgehead atoms. The van der Waals surface area contributed by atoms with Gasteiger partial charge in [0.05, 0.1) is 12.1 Å². The number of nitrogens with zero attached hydrogens (tertiary/aromatic N) is 4. The lowest BCUT2D eigenvalue weighted by molar-refractivity contribution is -0.137. The summed E-state index contributed by atoms with van der Waals surface area (Å²) in [4.78, 5) is 30.9. The first-order chi connectivity index (χ1) is 14.8. The maximum Gasteiger partial charge on any atom is 0.416 e. The van der Waals surface area contributed by atoms with Gasteiger partial charge in [-0.05, 0) is 35.4 Å². The first-order valence-corrected chi connectivity index (χ1v) is 9.50. The fraction of sp³-hybridized carbons (Fsp3) is 0.238. The average Bonchev–Trinajstić information content (AvgIpc) is 3.26. The molecule has 1 aromatic heterocycles. The smallest absolute Gasteiger partial charge is 0.352 e. The van der Waals surface area contributed by atoms with Crippen molar-refractivity contribution in [3.05, 3.63) is 83.4 Å². The third-order valence-electron chi connectivity index (χ3n) is 5.04. The van der Waals surface area contributed by atoms with E-state index < -0.39 is 23.7 Å². The van der Waals surface area contributed by atoms with E-state index in [-0.39, 0.29) is 19.0 Å². The largest absolute Gasteiger partial charge is 0.416 e. The van der Waals surface area contributed by atoms with Crippen molar-refractivity contribution >= 4 is 11.8 Å². The number of aromatic nitrogens is 3. The van der Waals surface area contributed by atoms with Crippen LogP contribution >= 0.6 is 0 Å². The number of halogens is 3. The number of nitrogens with one attached hydrogen (secondary N) is 1. The summed E-state index contributed by atoms with van der Waals surface area (Å²) in [6, 6.07) is 10.2. The lowest BCUT2D eigenvalue weighted by Crippen LogP contribution is -2.52. The minimum Gasteiger partial charge on any atom is -0.352 e. The zero-order valence-corrected chi connectivity index (χ0v) is 16.2. The normalized spacial score (nSPS) is 16.8. The molecule has 10 heteroatoms. The molecule has 0 radical (unpaired) electrons. The number of piperazine rings is 1. The molecule has 1 fully saturated rings. The minimum absolute atomic E-state index is 0.247. The molecular weight excluding hydrogens is 411 g/mol. The second-order valence-electron chi connectivity index (χ2n) is 7.10. The van der Waals surface area contributed by atoms with Crippen LogP contribution in [0.4, 0.5) is 13.2 Å². The zero-order chi connectivity index (χ0) is 22.0. The van der Waals surface area contributed by atoms with E-state index in [0.29, 0.717) is 17.7 Å². The Labute approximate surface area is 175 Å². The third-order valence-corrected chi connectivity index (χ3v) is 5.04. The molecule has 31 heavy (non-hydrogen) atoms. The maximum absolute atomic E-state index is 13.1. The van der Waals surface area contributed by atoms with Gasteiger partial charge in [-0.2, -0.15) is 18.3 Å². The quantitative estimate of drug-likeness (QED) is 0.692. The molecule has 2 heterocycles. The van der Waals surface area contributed by atoms with Crippen molar-refractivity contribution in [1.29, 1.82) is 0 Å². The number of rotatable bonds is 4. The van der Waals surface area contributed by atoms with Crippen molar-refractivity contribution in [2.45, 2.75) is 18.8 Å². The molecule has 1 aliphatic rings. The van der Waals surface area contributed by atoms with E-state index in [1.54, 1.807) is 35.3 Å². The first kappa shape index (κ1) is 20.6. The second-order valence-corrected chi connectivity index (χ2v) is 7.10. The van der Waals surface area contributed by atoms with Crippen LogP contribution in [0, 0.1) is 0 Å². The van der Waals surface area contributed by atoms with Gasteiger partial charge in [0, 0.05) is 18.7 Å². The highest BCUT2D eigenvalue weighted by Crippen LogP contribution is 2.32. The number of amides is 2. The van der Waals surface area contributed by atoms with Crippen molar-refractivity contribution in [1.82, 2.24) is 25.0 Å². The average molecular weight is 429 g/mol. The van der Waals surface area contributed by atoms with Crippen LogP contribution in [0.15, 0.2) is 61.2 Å². The van der Waals surface area contributed by atoms with Crippen LogP contribution in [-0.2, 0) is 17.5 Å². The summed E-state index contributed by atoms with van der Waals surface area (Å²) in [7, 11) is 0. The number of carbonyl (C=O) groups excluding carboxylic acids is 2. The van der Waals surface area contributed by atoms with E-state index in [1.807, 2.05) is 0 Å². The third kappa shape index (κ3) is 4.42. The van der Waals surface area contributed by atoms with E-state index in [0.717, 1.165) is 17.7 Å². The molecule has 1 saturated heterocycles. The van der Waals surface area contributed by atoms with Crippen molar-refractivity contribution < 1.29 is 22.8 Å². The van der Waals surface area contributed by atoms with Gasteiger partial charge >= 0.3 is 6.18 Å². The van der Waals surface area contributed by atoms with E-state index in [4.69, 9.17) is 0 Å². The van der Waals surface area contributed by atoms with Crippen molar-refractivity contribution in [2.24, 2.45) is 0 Å². The SMILES string of the molecule is O=C1NCCN(C(=O)c2ccc(Cn3cncn3)cc2)C1c1ccc(C(F)(F)F)cc1. The maximum atomic E-state index is 13.1. The summed E-state index contributed by atoms with van der Waals surface area (Å²) >= 11 is 0. The van der Waals surface area contributed by atoms with Crippen LogP contribution in [0.5, 0.6) is 0 Å². The van der Waals surface area contributed by atoms with Crippen LogP contribution < -0.4 is 5.32 Å². The fourth-order valence-corrected chi connectivity index (χ4v) is 3.49. The molecule has 1 aliphatic heterocycles. The number of hydrogen-bond donors (Lipinski definition) is 1. The Morgan fingerprint density at radius 1 is 1.10 bits per heavy atom. The lowest BCUT2D eigenvalue weighted by atomic mass is 9.99. The summed E-state index contributed by atoms with van der Waals surface area (Å²) in [5.74, 6) is -0.797. The molecule has 1 atom stereocenters. The zero-order valence-electron chi connectivity index (χ0n) is 16.2. The molecule has 1 unspecified atom stereocenters. The molecule has 3 aromatic rings. The summed E-state index contributed by atoms with van der Waals surface area (Å²) in [6.45, 7) is 1.01. The van der Waals surface area contributed by atoms with Gasteiger partial charge in [-0.25, -0.2) is 9.67 Å². The Hall–Kier alpha value is -3.69. The van der Waals surface area contributed by atoms with Gasteiger partial charge in [0.15, 0.2) is 0 Å². The van der Waals surface area contributed by atoms with Gasteiger partial charge in [0.25, 0.3) is 5.91 Å². The second kappa shape index (κ2) is 8.21. The topological polar surface area (TPSA) is 80.1 Å². The number of benzene rings is 2. The molecule has 0 aliphatic carbocycles. The Bertz CT molecular complexity index is 1060. The van der Waals surface area contributed by atoms with E-state index in [9.17, 15) is 22.8 Å². The van der Waals surface area contributed by atoms with Crippen molar-refractivity contribution in [2.75, 3.05) is 13.1 Å². The summed E-state index contributed by atoms with van der Waals surface area (Å²) in [6.07, 6.45) is -1.46. The predicted molar refractivity (Wildman–Crippen MR) is 104 cm³/mol. The van der Waals surface area contributed by atoms with Gasteiger partial charge in [0.2, 0.25) is 5.91 Å². The van der Waals surface area contributed by atoms with Gasteiger partial charge in [-0.3, -0.25) is 9.59 Å². The van der Waals surface area contributed by atoms with Crippen LogP contribution in [0.1, 0.15) is 33.1 Å². The summed E-state index contributed by atoms with van der Waals surface area (Å²) < 4.78 is 40.2. The number of alkyl halides is 3. The highest BCUT2D eigenvalue weighted by atomic mass is 19.4. The number of hydrogen-bond acceptors (Lipinski definition) is 4. The molecule has 2 aromatic carbocycles. The van der Waals surface area contributed by atoms with Gasteiger partial charge < -0.3 is 10.2 Å². The fourth-order valence-electron chi connectivity index (χ4n) is 3.49. The van der Waals surface area contributed by atoms with Gasteiger partial charge in [-0.1, -0.05) is 24.3 Å². The molecule has 4 rings (SSSR count). The minimum atomic E-state index is -4.48. The molecule has 160 valence electrons. The Kier molecular flexibility index (Phi) is 5.45. The predicted octanol–water partition coefficient (Wildman–Crippen LogP) is 2.66. The lowest BCUT2D eigenvalue weighted by Gasteiger charge is -2.35. The summed E-state index contributed by atoms with van der Waals surface area (Å²) in [5, 5.41) is 6.71. The Balaban J connectivity index is 1.56. The molecular formula is C21H18F3N5O2. The highest BCUT2D eigenvalue weighted by molar-refractivity contribution is 5.98. The van der Waals surface area contributed by atoms with Crippen LogP contribution in [0.3, 0.4) is 0 Å². The summed E-state index contributed by atoms with van der Waals surface area (Å²) in [5.41, 5.74) is 0.807. The molecule has 1 N–H and O–H groups in total. The van der Waals surface area contributed by atoms with Crippen LogP contribution in [-0.4, -0.2) is 44.6 Å². The van der Waals surface area contributed by atoms with E-state index in [1.165, 1.54) is 23.4 Å². The molecule has 2 amide bonds. The first-order valence-electron chi connectivity index (χ1n) is 9.50. The van der Waals surface area contributed by atoms with E-state index in [2.05, 4.69) is 15.4 Å². The van der Waals surface area contributed by atoms with Crippen LogP contribution in [0.25, 0.3) is 0 Å². The number of carbonyl (C=O) groups is 2. The highest BCUT2D eigenvalue weighted by Gasteiger charge is 2.36. The van der Waals surface area contributed by atoms with Crippen molar-refractivity contribution in [3.8, 4) is 0 Å². The Morgan fingerprint density at radius 3 is 2.42 bits per heavy atom. The standard InChI is InChI=1S/C21H18F3N5O2/c22-21(23,24)17-7-5-15(6-8-17)18-19(30)26-9-10-29(18)20(31)16-3-1-14(2-4-16)11-28-13-25-12-27-28/h1-8,12-13,18H,9-11H2,(H,26,30). The molecule has 7 nitrogen and oxygen atoms in total. The molecule has 0 spiro atoms. The van der Waals surface area contributed by atoms with Gasteiger partial charge in [0.1, 0.15) is 18.7 Å². The molecule has 0 saturated carbocycles. The monoisotopic (exact) mass is 429 g/mol. The van der Waals surface area contributed by atoms with E-state index >= 15 is 0 Å².